The van der Waals surface area contributed by atoms with Gasteiger partial charge in [0.2, 0.25) is 0 Å². The molecule has 0 fully saturated rings. The number of unbranched alkanes of at least 4 members (excludes halogenated alkanes) is 18. The van der Waals surface area contributed by atoms with Gasteiger partial charge >= 0.3 is 0 Å². The van der Waals surface area contributed by atoms with Gasteiger partial charge in [-0.05, 0) is 12.8 Å². The Morgan fingerprint density at radius 3 is 0.478 bits per heavy atom. The van der Waals surface area contributed by atoms with Crippen molar-refractivity contribution in [3.05, 3.63) is 0 Å². The van der Waals surface area contributed by atoms with E-state index in [4.69, 9.17) is 23.2 Å². The lowest BCUT2D eigenvalue weighted by Gasteiger charge is -2.03. The fraction of sp³-hybridized carbons (Fsp3) is 1.00. The van der Waals surface area contributed by atoms with E-state index < -0.39 is 0 Å². The molecule has 0 saturated carbocycles. The summed E-state index contributed by atoms with van der Waals surface area (Å²) in [6.45, 7) is 0. The van der Waals surface area contributed by atoms with Gasteiger partial charge in [0.1, 0.15) is 0 Å². The third-order valence-electron chi connectivity index (χ3n) is 4.77. The van der Waals surface area contributed by atoms with E-state index in [1.54, 1.807) is 0 Å². The molecule has 0 heterocycles. The van der Waals surface area contributed by atoms with Crippen LogP contribution in [0.1, 0.15) is 122 Å². The van der Waals surface area contributed by atoms with Gasteiger partial charge in [0.25, 0.3) is 0 Å². The summed E-state index contributed by atoms with van der Waals surface area (Å²) in [6.07, 6.45) is 26.7. The highest BCUT2D eigenvalue weighted by atomic mass is 35.5. The Bertz CT molecular complexity index is 174. The number of hydrogen-bond acceptors (Lipinski definition) is 0. The van der Waals surface area contributed by atoms with Gasteiger partial charge in [0, 0.05) is 11.8 Å². The van der Waals surface area contributed by atoms with Crippen LogP contribution in [0.4, 0.5) is 0 Å². The van der Waals surface area contributed by atoms with Crippen LogP contribution in [-0.2, 0) is 0 Å². The van der Waals surface area contributed by atoms with Crippen molar-refractivity contribution >= 4 is 23.2 Å². The molecule has 0 unspecified atom stereocenters. The zero-order valence-corrected chi connectivity index (χ0v) is 17.1. The third-order valence-corrected chi connectivity index (χ3v) is 5.30. The third kappa shape index (κ3) is 22.6. The van der Waals surface area contributed by atoms with Crippen molar-refractivity contribution in [3.63, 3.8) is 0 Å². The average molecular weight is 365 g/mol. The largest absolute Gasteiger partial charge is 0.127 e. The monoisotopic (exact) mass is 364 g/mol. The van der Waals surface area contributed by atoms with Crippen LogP contribution < -0.4 is 0 Å². The van der Waals surface area contributed by atoms with Crippen molar-refractivity contribution in [1.82, 2.24) is 0 Å². The van der Waals surface area contributed by atoms with Gasteiger partial charge in [-0.1, -0.05) is 109 Å². The molecular weight excluding hydrogens is 323 g/mol. The minimum Gasteiger partial charge on any atom is -0.127 e. The molecule has 0 radical (unpaired) electrons. The number of alkyl halides is 2. The maximum Gasteiger partial charge on any atom is 0.0223 e. The molecule has 0 aromatic carbocycles. The highest BCUT2D eigenvalue weighted by Gasteiger charge is 1.95. The quantitative estimate of drug-likeness (QED) is 0.149. The second kappa shape index (κ2) is 22.6. The van der Waals surface area contributed by atoms with Crippen LogP contribution >= 0.6 is 23.2 Å². The summed E-state index contributed by atoms with van der Waals surface area (Å²) < 4.78 is 0. The molecule has 0 aromatic heterocycles. The van der Waals surface area contributed by atoms with Gasteiger partial charge in [-0.3, -0.25) is 0 Å². The summed E-state index contributed by atoms with van der Waals surface area (Å²) in [5.74, 6) is 1.68. The van der Waals surface area contributed by atoms with E-state index >= 15 is 0 Å². The van der Waals surface area contributed by atoms with Gasteiger partial charge < -0.3 is 0 Å². The molecule has 0 saturated heterocycles. The van der Waals surface area contributed by atoms with Crippen LogP contribution in [0.15, 0.2) is 0 Å². The van der Waals surface area contributed by atoms with E-state index in [1.165, 1.54) is 122 Å². The second-order valence-electron chi connectivity index (χ2n) is 7.10. The van der Waals surface area contributed by atoms with Gasteiger partial charge in [0.15, 0.2) is 0 Å². The first-order valence-electron chi connectivity index (χ1n) is 10.5. The normalized spacial score (nSPS) is 11.2. The molecule has 0 aliphatic heterocycles. The molecule has 0 bridgehead atoms. The lowest BCUT2D eigenvalue weighted by Crippen LogP contribution is -1.84. The standard InChI is InChI=1S/C21H42Cl2/c22-20-18-16-14-12-10-8-6-4-2-1-3-5-7-9-11-13-15-17-19-21-23/h1-21H2. The maximum atomic E-state index is 5.68. The van der Waals surface area contributed by atoms with Crippen LogP contribution in [0.3, 0.4) is 0 Å². The highest BCUT2D eigenvalue weighted by Crippen LogP contribution is 2.14. The zero-order valence-electron chi connectivity index (χ0n) is 15.6. The van der Waals surface area contributed by atoms with Gasteiger partial charge in [-0.25, -0.2) is 0 Å². The van der Waals surface area contributed by atoms with Crippen molar-refractivity contribution < 1.29 is 0 Å². The molecule has 0 aliphatic carbocycles. The van der Waals surface area contributed by atoms with E-state index in [0.717, 1.165) is 11.8 Å². The van der Waals surface area contributed by atoms with Crippen molar-refractivity contribution in [2.24, 2.45) is 0 Å². The Kier molecular flexibility index (Phi) is 23.1. The first-order valence-corrected chi connectivity index (χ1v) is 11.6. The van der Waals surface area contributed by atoms with Gasteiger partial charge in [0.05, 0.1) is 0 Å². The van der Waals surface area contributed by atoms with E-state index in [2.05, 4.69) is 0 Å². The molecule has 23 heavy (non-hydrogen) atoms. The lowest BCUT2D eigenvalue weighted by molar-refractivity contribution is 0.525. The molecule has 0 atom stereocenters. The van der Waals surface area contributed by atoms with Crippen molar-refractivity contribution in [1.29, 1.82) is 0 Å². The topological polar surface area (TPSA) is 0 Å². The Morgan fingerprint density at radius 1 is 0.217 bits per heavy atom. The molecule has 140 valence electrons. The number of halogens is 2. The molecule has 0 rings (SSSR count). The van der Waals surface area contributed by atoms with E-state index in [9.17, 15) is 0 Å². The van der Waals surface area contributed by atoms with E-state index in [0.29, 0.717) is 0 Å². The van der Waals surface area contributed by atoms with Crippen LogP contribution in [0.5, 0.6) is 0 Å². The molecule has 0 spiro atoms. The first-order chi connectivity index (χ1) is 11.4. The summed E-state index contributed by atoms with van der Waals surface area (Å²) in [7, 11) is 0. The molecule has 0 amide bonds. The Balaban J connectivity index is 2.92. The maximum absolute atomic E-state index is 5.68. The molecule has 0 aromatic rings. The minimum absolute atomic E-state index is 0.842. The van der Waals surface area contributed by atoms with Crippen LogP contribution in [0.2, 0.25) is 0 Å². The first kappa shape index (κ1) is 23.6. The lowest BCUT2D eigenvalue weighted by atomic mass is 10.0. The summed E-state index contributed by atoms with van der Waals surface area (Å²) in [5.41, 5.74) is 0. The second-order valence-corrected chi connectivity index (χ2v) is 7.85. The van der Waals surface area contributed by atoms with E-state index in [1.807, 2.05) is 0 Å². The Morgan fingerprint density at radius 2 is 0.348 bits per heavy atom. The van der Waals surface area contributed by atoms with Gasteiger partial charge in [-0.2, -0.15) is 0 Å². The zero-order chi connectivity index (χ0) is 16.8. The minimum atomic E-state index is 0.842. The summed E-state index contributed by atoms with van der Waals surface area (Å²) in [5, 5.41) is 0. The van der Waals surface area contributed by atoms with Crippen molar-refractivity contribution in [3.8, 4) is 0 Å². The number of hydrogen-bond donors (Lipinski definition) is 0. The SMILES string of the molecule is ClCCCCCCCCCCCCCCCCCCCCCCl. The van der Waals surface area contributed by atoms with Crippen molar-refractivity contribution in [2.45, 2.75) is 122 Å². The molecule has 0 nitrogen and oxygen atoms in total. The van der Waals surface area contributed by atoms with Crippen LogP contribution in [-0.4, -0.2) is 11.8 Å². The number of rotatable bonds is 20. The highest BCUT2D eigenvalue weighted by molar-refractivity contribution is 6.18. The van der Waals surface area contributed by atoms with Gasteiger partial charge in [-0.15, -0.1) is 23.2 Å². The Hall–Kier alpha value is 0.580. The predicted octanol–water partition coefficient (Wildman–Crippen LogP) is 8.88. The molecule has 0 N–H and O–H groups in total. The van der Waals surface area contributed by atoms with Crippen molar-refractivity contribution in [2.75, 3.05) is 11.8 Å². The summed E-state index contributed by atoms with van der Waals surface area (Å²) in [6, 6.07) is 0. The predicted molar refractivity (Wildman–Crippen MR) is 109 cm³/mol. The van der Waals surface area contributed by atoms with E-state index in [-0.39, 0.29) is 0 Å². The summed E-state index contributed by atoms with van der Waals surface area (Å²) in [4.78, 5) is 0. The fourth-order valence-electron chi connectivity index (χ4n) is 3.19. The molecule has 2 heteroatoms. The van der Waals surface area contributed by atoms with Crippen LogP contribution in [0.25, 0.3) is 0 Å². The summed E-state index contributed by atoms with van der Waals surface area (Å²) >= 11 is 11.4. The fourth-order valence-corrected chi connectivity index (χ4v) is 3.57. The smallest absolute Gasteiger partial charge is 0.0223 e. The molecule has 0 aliphatic rings. The average Bonchev–Trinajstić information content (AvgIpc) is 2.57. The molecular formula is C21H42Cl2. The van der Waals surface area contributed by atoms with Crippen LogP contribution in [0, 0.1) is 0 Å². The Labute approximate surface area is 157 Å².